The van der Waals surface area contributed by atoms with Crippen LogP contribution in [0.25, 0.3) is 0 Å². The molecule has 0 rings (SSSR count). The summed E-state index contributed by atoms with van der Waals surface area (Å²) in [6.07, 6.45) is 0. The highest BCUT2D eigenvalue weighted by molar-refractivity contribution is 6.63. The second-order valence-electron chi connectivity index (χ2n) is 1.24. The van der Waals surface area contributed by atoms with Gasteiger partial charge < -0.3 is 0 Å². The molecule has 0 amide bonds. The molecule has 0 aliphatic heterocycles. The summed E-state index contributed by atoms with van der Waals surface area (Å²) in [5.74, 6) is 0. The quantitative estimate of drug-likeness (QED) is 0.604. The molecule has 0 aliphatic carbocycles. The molecule has 0 radical (unpaired) electrons. The predicted octanol–water partition coefficient (Wildman–Crippen LogP) is 4.91. The van der Waals surface area contributed by atoms with Crippen LogP contribution < -0.4 is 0 Å². The zero-order valence-electron chi connectivity index (χ0n) is 4.98. The highest BCUT2D eigenvalue weighted by Crippen LogP contribution is 2.42. The lowest BCUT2D eigenvalue weighted by atomic mass is 10.8. The summed E-state index contributed by atoms with van der Waals surface area (Å²) in [5, 5.41) is -4.23. The second-order valence-corrected chi connectivity index (χ2v) is 4.93. The summed E-state index contributed by atoms with van der Waals surface area (Å²) < 4.78 is 29.8. The third kappa shape index (κ3) is 11.5. The first-order valence-electron chi connectivity index (χ1n) is 2.04. The van der Waals surface area contributed by atoms with Crippen molar-refractivity contribution in [3.8, 4) is 0 Å². The fourth-order valence-corrected chi connectivity index (χ4v) is 0. The zero-order chi connectivity index (χ0) is 10.6. The summed E-state index contributed by atoms with van der Waals surface area (Å²) in [6.45, 7) is 0. The Kier molecular flexibility index (Phi) is 8.12. The Morgan fingerprint density at radius 1 is 0.833 bits per heavy atom. The molecule has 0 spiro atoms. The molecule has 0 aromatic rings. The third-order valence-electron chi connectivity index (χ3n) is 0.321. The van der Waals surface area contributed by atoms with E-state index in [4.69, 9.17) is 34.8 Å². The minimum atomic E-state index is -4.23. The van der Waals surface area contributed by atoms with E-state index in [1.165, 1.54) is 0 Å². The van der Waals surface area contributed by atoms with Crippen molar-refractivity contribution < 1.29 is 13.2 Å². The summed E-state index contributed by atoms with van der Waals surface area (Å²) >= 11 is 26.9. The van der Waals surface area contributed by atoms with Crippen molar-refractivity contribution in [2.75, 3.05) is 0 Å². The van der Waals surface area contributed by atoms with Crippen LogP contribution in [0.5, 0.6) is 0 Å². The van der Waals surface area contributed by atoms with Gasteiger partial charge in [-0.1, -0.05) is 58.0 Å². The van der Waals surface area contributed by atoms with E-state index in [-0.39, 0.29) is 0 Å². The van der Waals surface area contributed by atoms with Crippen LogP contribution in [-0.2, 0) is 0 Å². The van der Waals surface area contributed by atoms with Crippen molar-refractivity contribution >= 4 is 69.6 Å². The normalized spacial score (nSPS) is 12.5. The van der Waals surface area contributed by atoms with Gasteiger partial charge in [-0.2, -0.15) is 13.2 Å². The molecule has 0 heterocycles. The lowest BCUT2D eigenvalue weighted by Crippen LogP contribution is -2.27. The van der Waals surface area contributed by atoms with Crippen LogP contribution in [0.3, 0.4) is 0 Å². The van der Waals surface area contributed by atoms with Crippen LogP contribution in [0.4, 0.5) is 13.2 Å². The lowest BCUT2D eigenvalue weighted by molar-refractivity contribution is 0.0241. The number of hydrogen-bond donors (Lipinski definition) is 0. The Morgan fingerprint density at radius 3 is 0.917 bits per heavy atom. The first kappa shape index (κ1) is 16.0. The fourth-order valence-electron chi connectivity index (χ4n) is 0. The average Bonchev–Trinajstić information content (AvgIpc) is 1.55. The van der Waals surface area contributed by atoms with Gasteiger partial charge in [-0.15, -0.1) is 0 Å². The van der Waals surface area contributed by atoms with Gasteiger partial charge in [-0.25, -0.2) is 0 Å². The Hall–Kier alpha value is 1.53. The van der Waals surface area contributed by atoms with Crippen molar-refractivity contribution in [3.63, 3.8) is 0 Å². The van der Waals surface area contributed by atoms with Crippen LogP contribution >= 0.6 is 69.6 Å². The maximum atomic E-state index is 11.5. The molecule has 0 saturated carbocycles. The van der Waals surface area contributed by atoms with Gasteiger partial charge in [-0.3, -0.25) is 0 Å². The zero-order valence-corrected chi connectivity index (χ0v) is 9.51. The Balaban J connectivity index is 0. The molecule has 0 fully saturated rings. The molecule has 0 aromatic heterocycles. The smallest absolute Gasteiger partial charge is 0.199 e. The van der Waals surface area contributed by atoms with Crippen molar-refractivity contribution in [1.82, 2.24) is 0 Å². The first-order chi connectivity index (χ1) is 4.98. The van der Waals surface area contributed by atoms with Gasteiger partial charge in [0.25, 0.3) is 0 Å². The SMILES string of the molecule is ClC(Cl)Cl.FC(F)(Cl)C(F)(Cl)Cl. The van der Waals surface area contributed by atoms with Crippen molar-refractivity contribution in [1.29, 1.82) is 0 Å². The van der Waals surface area contributed by atoms with Crippen LogP contribution in [0.2, 0.25) is 0 Å². The van der Waals surface area contributed by atoms with Crippen molar-refractivity contribution in [3.05, 3.63) is 0 Å². The van der Waals surface area contributed by atoms with E-state index >= 15 is 0 Å². The average molecular weight is 307 g/mol. The number of halogens is 9. The van der Waals surface area contributed by atoms with Crippen LogP contribution in [0, 0.1) is 0 Å². The lowest BCUT2D eigenvalue weighted by Gasteiger charge is -2.13. The standard InChI is InChI=1S/C2Cl3F3.CHCl3/c3-1(4,6)2(5,7)8;2-1(3)4/h;1H. The Labute approximate surface area is 96.8 Å². The van der Waals surface area contributed by atoms with Gasteiger partial charge in [0.2, 0.25) is 0 Å². The topological polar surface area (TPSA) is 0 Å². The molecule has 0 unspecified atom stereocenters. The minimum Gasteiger partial charge on any atom is -0.199 e. The van der Waals surface area contributed by atoms with Crippen LogP contribution in [-0.4, -0.2) is 14.3 Å². The van der Waals surface area contributed by atoms with E-state index in [1.807, 2.05) is 0 Å². The highest BCUT2D eigenvalue weighted by atomic mass is 35.6. The van der Waals surface area contributed by atoms with Gasteiger partial charge in [0.1, 0.15) is 0 Å². The maximum absolute atomic E-state index is 11.5. The van der Waals surface area contributed by atoms with Crippen LogP contribution in [0.1, 0.15) is 0 Å². The van der Waals surface area contributed by atoms with Crippen LogP contribution in [0.15, 0.2) is 0 Å². The van der Waals surface area contributed by atoms with E-state index < -0.39 is 14.3 Å². The molecule has 0 atom stereocenters. The summed E-state index contributed by atoms with van der Waals surface area (Å²) in [5.41, 5.74) is 0. The maximum Gasteiger partial charge on any atom is 0.383 e. The third-order valence-corrected chi connectivity index (χ3v) is 1.25. The number of alkyl halides is 9. The largest absolute Gasteiger partial charge is 0.383 e. The summed E-state index contributed by atoms with van der Waals surface area (Å²) in [4.78, 5) is 0. The molecule has 0 N–H and O–H groups in total. The molecule has 0 nitrogen and oxygen atoms in total. The van der Waals surface area contributed by atoms with Gasteiger partial charge in [0, 0.05) is 0 Å². The molecule has 9 heteroatoms. The highest BCUT2D eigenvalue weighted by Gasteiger charge is 2.51. The first-order valence-corrected chi connectivity index (χ1v) is 4.48. The van der Waals surface area contributed by atoms with E-state index in [0.29, 0.717) is 0 Å². The summed E-state index contributed by atoms with van der Waals surface area (Å²) in [7, 11) is 0. The summed E-state index contributed by atoms with van der Waals surface area (Å²) in [6, 6.07) is 0. The molecule has 12 heavy (non-hydrogen) atoms. The van der Waals surface area contributed by atoms with Gasteiger partial charge in [0.15, 0.2) is 4.30 Å². The van der Waals surface area contributed by atoms with Crippen molar-refractivity contribution in [2.45, 2.75) is 14.3 Å². The molecule has 0 aliphatic rings. The predicted molar refractivity (Wildman–Crippen MR) is 47.7 cm³/mol. The molecular formula is C3HCl6F3. The molecule has 0 saturated heterocycles. The minimum absolute atomic E-state index is 0.750. The Bertz CT molecular complexity index is 99.4. The molecular weight excluding hydrogens is 306 g/mol. The van der Waals surface area contributed by atoms with Gasteiger partial charge >= 0.3 is 9.97 Å². The Morgan fingerprint density at radius 2 is 0.917 bits per heavy atom. The van der Waals surface area contributed by atoms with E-state index in [2.05, 4.69) is 34.8 Å². The van der Waals surface area contributed by atoms with Gasteiger partial charge in [-0.05, 0) is 11.6 Å². The molecule has 0 bridgehead atoms. The second kappa shape index (κ2) is 6.10. The van der Waals surface area contributed by atoms with Gasteiger partial charge in [0.05, 0.1) is 0 Å². The monoisotopic (exact) mass is 304 g/mol. The number of rotatable bonds is 1. The number of hydrogen-bond acceptors (Lipinski definition) is 0. The molecule has 76 valence electrons. The fraction of sp³-hybridized carbons (Fsp3) is 1.00. The molecule has 0 aromatic carbocycles. The van der Waals surface area contributed by atoms with E-state index in [9.17, 15) is 13.2 Å². The van der Waals surface area contributed by atoms with E-state index in [0.717, 1.165) is 0 Å². The van der Waals surface area contributed by atoms with Crippen molar-refractivity contribution in [2.24, 2.45) is 0 Å². The van der Waals surface area contributed by atoms with E-state index in [1.54, 1.807) is 0 Å².